The first-order valence-electron chi connectivity index (χ1n) is 6.97. The maximum absolute atomic E-state index is 10.2. The van der Waals surface area contributed by atoms with E-state index in [1.807, 2.05) is 35.6 Å². The summed E-state index contributed by atoms with van der Waals surface area (Å²) in [6.45, 7) is 0.571. The third-order valence-corrected chi connectivity index (χ3v) is 5.11. The first kappa shape index (κ1) is 14.1. The summed E-state index contributed by atoms with van der Waals surface area (Å²) in [4.78, 5) is 1.50. The summed E-state index contributed by atoms with van der Waals surface area (Å²) in [6, 6.07) is 9.99. The number of aliphatic hydroxyl groups excluding tert-OH is 1. The highest BCUT2D eigenvalue weighted by Gasteiger charge is 2.21. The van der Waals surface area contributed by atoms with Gasteiger partial charge in [0.15, 0.2) is 0 Å². The Bertz CT molecular complexity index is 566. The quantitative estimate of drug-likeness (QED) is 0.891. The van der Waals surface area contributed by atoms with Gasteiger partial charge in [0.25, 0.3) is 0 Å². The molecule has 1 aromatic carbocycles. The van der Waals surface area contributed by atoms with E-state index in [0.717, 1.165) is 12.0 Å². The Morgan fingerprint density at radius 3 is 2.90 bits per heavy atom. The fourth-order valence-corrected chi connectivity index (χ4v) is 3.87. The van der Waals surface area contributed by atoms with Crippen LogP contribution in [0.2, 0.25) is 5.02 Å². The number of rotatable bonds is 4. The lowest BCUT2D eigenvalue weighted by atomic mass is 9.94. The van der Waals surface area contributed by atoms with Gasteiger partial charge in [-0.1, -0.05) is 23.7 Å². The zero-order chi connectivity index (χ0) is 13.9. The van der Waals surface area contributed by atoms with Crippen molar-refractivity contribution < 1.29 is 5.11 Å². The van der Waals surface area contributed by atoms with Gasteiger partial charge in [0.1, 0.15) is 0 Å². The fraction of sp³-hybridized carbons (Fsp3) is 0.375. The summed E-state index contributed by atoms with van der Waals surface area (Å²) < 4.78 is 0. The number of nitrogens with one attached hydrogen (secondary N) is 1. The second-order valence-electron chi connectivity index (χ2n) is 5.22. The van der Waals surface area contributed by atoms with E-state index in [-0.39, 0.29) is 0 Å². The van der Waals surface area contributed by atoms with Gasteiger partial charge < -0.3 is 10.4 Å². The van der Waals surface area contributed by atoms with Crippen LogP contribution in [0.25, 0.3) is 0 Å². The number of halogens is 1. The molecule has 1 aromatic heterocycles. The van der Waals surface area contributed by atoms with Crippen molar-refractivity contribution in [2.24, 2.45) is 0 Å². The Balaban J connectivity index is 1.62. The van der Waals surface area contributed by atoms with Gasteiger partial charge in [-0.15, -0.1) is 11.3 Å². The number of hydrogen-bond donors (Lipinski definition) is 2. The molecule has 0 saturated carbocycles. The molecule has 1 heterocycles. The van der Waals surface area contributed by atoms with Crippen molar-refractivity contribution in [1.29, 1.82) is 0 Å². The van der Waals surface area contributed by atoms with Crippen molar-refractivity contribution in [3.05, 3.63) is 56.7 Å². The molecule has 20 heavy (non-hydrogen) atoms. The van der Waals surface area contributed by atoms with Gasteiger partial charge in [0.2, 0.25) is 0 Å². The molecule has 1 aliphatic rings. The van der Waals surface area contributed by atoms with Crippen molar-refractivity contribution in [1.82, 2.24) is 5.32 Å². The van der Waals surface area contributed by atoms with E-state index in [9.17, 15) is 5.11 Å². The van der Waals surface area contributed by atoms with Gasteiger partial charge in [-0.25, -0.2) is 0 Å². The molecular weight excluding hydrogens is 290 g/mol. The van der Waals surface area contributed by atoms with Crippen molar-refractivity contribution in [2.45, 2.75) is 31.4 Å². The average Bonchev–Trinajstić information content (AvgIpc) is 2.94. The first-order valence-corrected chi connectivity index (χ1v) is 8.23. The van der Waals surface area contributed by atoms with E-state index in [1.165, 1.54) is 23.3 Å². The number of thiophene rings is 1. The molecule has 4 heteroatoms. The van der Waals surface area contributed by atoms with Gasteiger partial charge in [0.05, 0.1) is 6.10 Å². The topological polar surface area (TPSA) is 32.3 Å². The summed E-state index contributed by atoms with van der Waals surface area (Å²) in [5.74, 6) is 0. The van der Waals surface area contributed by atoms with E-state index < -0.39 is 6.10 Å². The predicted octanol–water partition coefficient (Wildman–Crippen LogP) is 4.10. The van der Waals surface area contributed by atoms with Crippen LogP contribution < -0.4 is 5.32 Å². The molecule has 0 amide bonds. The SMILES string of the molecule is OC(CNC1CCCc2sccc21)c1ccc(Cl)cc1. The largest absolute Gasteiger partial charge is 0.387 e. The second kappa shape index (κ2) is 6.27. The van der Waals surface area contributed by atoms with Crippen molar-refractivity contribution in [3.63, 3.8) is 0 Å². The minimum atomic E-state index is -0.490. The van der Waals surface area contributed by atoms with E-state index in [0.29, 0.717) is 17.6 Å². The van der Waals surface area contributed by atoms with Gasteiger partial charge >= 0.3 is 0 Å². The Hall–Kier alpha value is -0.870. The van der Waals surface area contributed by atoms with Crippen molar-refractivity contribution in [3.8, 4) is 0 Å². The lowest BCUT2D eigenvalue weighted by molar-refractivity contribution is 0.168. The third kappa shape index (κ3) is 3.07. The first-order chi connectivity index (χ1) is 9.74. The fourth-order valence-electron chi connectivity index (χ4n) is 2.76. The number of benzene rings is 1. The third-order valence-electron chi connectivity index (χ3n) is 3.86. The Morgan fingerprint density at radius 1 is 1.30 bits per heavy atom. The minimum Gasteiger partial charge on any atom is -0.387 e. The van der Waals surface area contributed by atoms with E-state index in [4.69, 9.17) is 11.6 Å². The van der Waals surface area contributed by atoms with Crippen LogP contribution in [0, 0.1) is 0 Å². The molecule has 2 N–H and O–H groups in total. The number of fused-ring (bicyclic) bond motifs is 1. The maximum Gasteiger partial charge on any atom is 0.0914 e. The van der Waals surface area contributed by atoms with Gasteiger partial charge in [0, 0.05) is 22.5 Å². The highest BCUT2D eigenvalue weighted by molar-refractivity contribution is 7.10. The molecule has 0 fully saturated rings. The zero-order valence-electron chi connectivity index (χ0n) is 11.2. The smallest absolute Gasteiger partial charge is 0.0914 e. The molecule has 2 unspecified atom stereocenters. The summed E-state index contributed by atoms with van der Waals surface area (Å²) >= 11 is 7.71. The summed E-state index contributed by atoms with van der Waals surface area (Å²) in [5.41, 5.74) is 2.33. The Morgan fingerprint density at radius 2 is 2.10 bits per heavy atom. The van der Waals surface area contributed by atoms with Gasteiger partial charge in [-0.2, -0.15) is 0 Å². The monoisotopic (exact) mass is 307 g/mol. The van der Waals surface area contributed by atoms with Crippen molar-refractivity contribution in [2.75, 3.05) is 6.54 Å². The number of hydrogen-bond acceptors (Lipinski definition) is 3. The Labute approximate surface area is 128 Å². The van der Waals surface area contributed by atoms with E-state index in [2.05, 4.69) is 16.8 Å². The summed E-state index contributed by atoms with van der Waals surface area (Å²) in [7, 11) is 0. The van der Waals surface area contributed by atoms with Crippen LogP contribution in [0.3, 0.4) is 0 Å². The van der Waals surface area contributed by atoms with E-state index >= 15 is 0 Å². The van der Waals surface area contributed by atoms with Crippen LogP contribution >= 0.6 is 22.9 Å². The molecule has 2 atom stereocenters. The molecule has 2 aromatic rings. The lowest BCUT2D eigenvalue weighted by Gasteiger charge is -2.25. The van der Waals surface area contributed by atoms with E-state index in [1.54, 1.807) is 0 Å². The molecule has 3 rings (SSSR count). The van der Waals surface area contributed by atoms with Crippen LogP contribution in [0.4, 0.5) is 0 Å². The molecule has 0 bridgehead atoms. The lowest BCUT2D eigenvalue weighted by Crippen LogP contribution is -2.28. The molecular formula is C16H18ClNOS. The van der Waals surface area contributed by atoms with Crippen LogP contribution in [-0.4, -0.2) is 11.7 Å². The Kier molecular flexibility index (Phi) is 4.41. The molecule has 1 aliphatic carbocycles. The highest BCUT2D eigenvalue weighted by atomic mass is 35.5. The van der Waals surface area contributed by atoms with Crippen LogP contribution in [-0.2, 0) is 6.42 Å². The van der Waals surface area contributed by atoms with Gasteiger partial charge in [-0.05, 0) is 54.0 Å². The van der Waals surface area contributed by atoms with Crippen LogP contribution in [0.5, 0.6) is 0 Å². The summed E-state index contributed by atoms with van der Waals surface area (Å²) in [5, 5.41) is 16.6. The molecule has 0 spiro atoms. The maximum atomic E-state index is 10.2. The molecule has 106 valence electrons. The normalized spacial score (nSPS) is 19.6. The number of aliphatic hydroxyl groups is 1. The average molecular weight is 308 g/mol. The predicted molar refractivity (Wildman–Crippen MR) is 84.4 cm³/mol. The van der Waals surface area contributed by atoms with Crippen LogP contribution in [0.15, 0.2) is 35.7 Å². The minimum absolute atomic E-state index is 0.381. The number of aryl methyl sites for hydroxylation is 1. The van der Waals surface area contributed by atoms with Crippen molar-refractivity contribution >= 4 is 22.9 Å². The highest BCUT2D eigenvalue weighted by Crippen LogP contribution is 2.33. The van der Waals surface area contributed by atoms with Gasteiger partial charge in [-0.3, -0.25) is 0 Å². The summed E-state index contributed by atoms with van der Waals surface area (Å²) in [6.07, 6.45) is 3.08. The standard InChI is InChI=1S/C16H18ClNOS/c17-12-6-4-11(5-7-12)15(19)10-18-14-2-1-3-16-13(14)8-9-20-16/h4-9,14-15,18-19H,1-3,10H2. The van der Waals surface area contributed by atoms with Crippen LogP contribution in [0.1, 0.15) is 41.0 Å². The molecule has 0 aliphatic heterocycles. The molecule has 0 radical (unpaired) electrons. The second-order valence-corrected chi connectivity index (χ2v) is 6.66. The zero-order valence-corrected chi connectivity index (χ0v) is 12.8. The molecule has 0 saturated heterocycles. The molecule has 2 nitrogen and oxygen atoms in total.